The summed E-state index contributed by atoms with van der Waals surface area (Å²) in [7, 11) is 0. The van der Waals surface area contributed by atoms with E-state index in [4.69, 9.17) is 5.26 Å². The Kier molecular flexibility index (Phi) is 5.94. The van der Waals surface area contributed by atoms with Gasteiger partial charge in [0.15, 0.2) is 5.69 Å². The highest BCUT2D eigenvalue weighted by atomic mass is 19.1. The minimum atomic E-state index is -0.728. The summed E-state index contributed by atoms with van der Waals surface area (Å²) in [6.45, 7) is -0.145. The van der Waals surface area contributed by atoms with Crippen molar-refractivity contribution in [3.8, 4) is 11.9 Å². The standard InChI is InChI=1S/C20H16FN5O3/c21-14-8-6-13(7-9-14)19(28)23-12-17(27)24-25-18-15-4-1-2-5-16(15)26(20(18)29)11-3-10-22/h1-2,4-9,29H,3,11-12H2,(H,23,28). The van der Waals surface area contributed by atoms with Gasteiger partial charge in [-0.2, -0.15) is 5.26 Å². The van der Waals surface area contributed by atoms with Crippen molar-refractivity contribution in [1.29, 1.82) is 5.26 Å². The summed E-state index contributed by atoms with van der Waals surface area (Å²) in [6, 6.07) is 13.9. The van der Waals surface area contributed by atoms with Crippen LogP contribution >= 0.6 is 0 Å². The smallest absolute Gasteiger partial charge is 0.283 e. The molecule has 9 heteroatoms. The third-order valence-corrected chi connectivity index (χ3v) is 4.13. The number of hydrogen-bond acceptors (Lipinski definition) is 5. The van der Waals surface area contributed by atoms with Gasteiger partial charge in [-0.05, 0) is 30.3 Å². The van der Waals surface area contributed by atoms with Crippen LogP contribution in [0.1, 0.15) is 16.8 Å². The largest absolute Gasteiger partial charge is 0.493 e. The van der Waals surface area contributed by atoms with Gasteiger partial charge in [-0.1, -0.05) is 18.2 Å². The average molecular weight is 393 g/mol. The SMILES string of the molecule is N#CCCn1c(O)c(N=NC(=O)CNC(=O)c2ccc(F)cc2)c2ccccc21. The number of azo groups is 1. The molecule has 0 bridgehead atoms. The highest BCUT2D eigenvalue weighted by molar-refractivity contribution is 5.97. The van der Waals surface area contributed by atoms with Crippen LogP contribution in [-0.2, 0) is 11.3 Å². The minimum Gasteiger partial charge on any atom is -0.493 e. The summed E-state index contributed by atoms with van der Waals surface area (Å²) < 4.78 is 14.4. The predicted molar refractivity (Wildman–Crippen MR) is 102 cm³/mol. The lowest BCUT2D eigenvalue weighted by molar-refractivity contribution is -0.117. The molecule has 0 saturated heterocycles. The summed E-state index contributed by atoms with van der Waals surface area (Å²) in [5.74, 6) is -1.95. The van der Waals surface area contributed by atoms with Crippen molar-refractivity contribution in [3.63, 3.8) is 0 Å². The molecule has 29 heavy (non-hydrogen) atoms. The second kappa shape index (κ2) is 8.75. The van der Waals surface area contributed by atoms with Crippen LogP contribution in [-0.4, -0.2) is 28.0 Å². The summed E-state index contributed by atoms with van der Waals surface area (Å²) in [5.41, 5.74) is 0.970. The van der Waals surface area contributed by atoms with Gasteiger partial charge in [-0.15, -0.1) is 10.2 Å². The average Bonchev–Trinajstić information content (AvgIpc) is 3.00. The van der Waals surface area contributed by atoms with E-state index in [1.807, 2.05) is 6.07 Å². The van der Waals surface area contributed by atoms with Crippen LogP contribution in [0.4, 0.5) is 10.1 Å². The Bertz CT molecular complexity index is 1130. The highest BCUT2D eigenvalue weighted by Gasteiger charge is 2.16. The van der Waals surface area contributed by atoms with E-state index in [2.05, 4.69) is 15.5 Å². The fourth-order valence-corrected chi connectivity index (χ4v) is 2.76. The Balaban J connectivity index is 1.72. The van der Waals surface area contributed by atoms with E-state index in [-0.39, 0.29) is 30.1 Å². The Labute approximate surface area is 164 Å². The van der Waals surface area contributed by atoms with Crippen molar-refractivity contribution in [1.82, 2.24) is 9.88 Å². The summed E-state index contributed by atoms with van der Waals surface area (Å²) in [4.78, 5) is 23.9. The van der Waals surface area contributed by atoms with Gasteiger partial charge in [0.05, 0.1) is 18.0 Å². The van der Waals surface area contributed by atoms with Crippen LogP contribution in [0.15, 0.2) is 58.8 Å². The van der Waals surface area contributed by atoms with Crippen molar-refractivity contribution in [2.75, 3.05) is 6.54 Å². The number of halogens is 1. The number of benzene rings is 2. The topological polar surface area (TPSA) is 120 Å². The van der Waals surface area contributed by atoms with E-state index in [1.54, 1.807) is 24.3 Å². The number of rotatable bonds is 6. The van der Waals surface area contributed by atoms with Crippen molar-refractivity contribution >= 4 is 28.4 Å². The van der Waals surface area contributed by atoms with Crippen molar-refractivity contribution in [2.24, 2.45) is 10.2 Å². The molecule has 2 aromatic carbocycles. The number of carbonyl (C=O) groups excluding carboxylic acids is 2. The normalized spacial score (nSPS) is 10.9. The fourth-order valence-electron chi connectivity index (χ4n) is 2.76. The van der Waals surface area contributed by atoms with Gasteiger partial charge < -0.3 is 15.0 Å². The van der Waals surface area contributed by atoms with Gasteiger partial charge in [0, 0.05) is 17.5 Å². The zero-order valence-corrected chi connectivity index (χ0v) is 15.2. The number of carbonyl (C=O) groups is 2. The van der Waals surface area contributed by atoms with Crippen molar-refractivity contribution in [2.45, 2.75) is 13.0 Å². The number of nitrogens with zero attached hydrogens (tertiary/aromatic N) is 4. The molecule has 0 radical (unpaired) electrons. The number of nitriles is 1. The maximum Gasteiger partial charge on any atom is 0.283 e. The molecule has 0 aliphatic rings. The zero-order valence-electron chi connectivity index (χ0n) is 15.2. The monoisotopic (exact) mass is 393 g/mol. The van der Waals surface area contributed by atoms with Crippen LogP contribution in [0.2, 0.25) is 0 Å². The number of para-hydroxylation sites is 1. The fraction of sp³-hybridized carbons (Fsp3) is 0.150. The first-order valence-corrected chi connectivity index (χ1v) is 8.66. The molecular formula is C20H16FN5O3. The second-order valence-corrected chi connectivity index (χ2v) is 6.03. The molecule has 2 N–H and O–H groups in total. The Hall–Kier alpha value is -4.06. The van der Waals surface area contributed by atoms with Crippen LogP contribution in [0, 0.1) is 17.1 Å². The molecule has 0 aliphatic carbocycles. The van der Waals surface area contributed by atoms with E-state index in [0.717, 1.165) is 12.1 Å². The second-order valence-electron chi connectivity index (χ2n) is 6.03. The van der Waals surface area contributed by atoms with E-state index in [1.165, 1.54) is 16.7 Å². The molecular weight excluding hydrogens is 377 g/mol. The first kappa shape index (κ1) is 19.7. The molecule has 146 valence electrons. The third-order valence-electron chi connectivity index (χ3n) is 4.13. The van der Waals surface area contributed by atoms with Gasteiger partial charge in [0.2, 0.25) is 5.88 Å². The molecule has 0 fully saturated rings. The number of aryl methyl sites for hydroxylation is 1. The first-order chi connectivity index (χ1) is 14.0. The Morgan fingerprint density at radius 1 is 1.17 bits per heavy atom. The third kappa shape index (κ3) is 4.44. The predicted octanol–water partition coefficient (Wildman–Crippen LogP) is 3.44. The lowest BCUT2D eigenvalue weighted by atomic mass is 10.2. The molecule has 0 atom stereocenters. The lowest BCUT2D eigenvalue weighted by Crippen LogP contribution is -2.28. The maximum absolute atomic E-state index is 12.9. The summed E-state index contributed by atoms with van der Waals surface area (Å²) >= 11 is 0. The van der Waals surface area contributed by atoms with Crippen LogP contribution in [0.5, 0.6) is 5.88 Å². The number of aromatic hydroxyl groups is 1. The van der Waals surface area contributed by atoms with Crippen LogP contribution < -0.4 is 5.32 Å². The number of aromatic nitrogens is 1. The molecule has 0 saturated carbocycles. The zero-order chi connectivity index (χ0) is 20.8. The van der Waals surface area contributed by atoms with Gasteiger partial charge in [-0.3, -0.25) is 9.59 Å². The molecule has 2 amide bonds. The van der Waals surface area contributed by atoms with E-state index in [9.17, 15) is 19.1 Å². The molecule has 1 aromatic heterocycles. The van der Waals surface area contributed by atoms with Gasteiger partial charge in [0.1, 0.15) is 12.4 Å². The number of hydrogen-bond donors (Lipinski definition) is 2. The van der Waals surface area contributed by atoms with Gasteiger partial charge in [0.25, 0.3) is 11.8 Å². The quantitative estimate of drug-likeness (QED) is 0.623. The molecule has 0 aliphatic heterocycles. The van der Waals surface area contributed by atoms with E-state index in [0.29, 0.717) is 10.9 Å². The highest BCUT2D eigenvalue weighted by Crippen LogP contribution is 2.38. The minimum absolute atomic E-state index is 0.108. The lowest BCUT2D eigenvalue weighted by Gasteiger charge is -2.03. The van der Waals surface area contributed by atoms with E-state index >= 15 is 0 Å². The Morgan fingerprint density at radius 2 is 1.90 bits per heavy atom. The van der Waals surface area contributed by atoms with Crippen molar-refractivity contribution < 1.29 is 19.1 Å². The van der Waals surface area contributed by atoms with Gasteiger partial charge >= 0.3 is 0 Å². The van der Waals surface area contributed by atoms with Crippen LogP contribution in [0.25, 0.3) is 10.9 Å². The number of amides is 2. The molecule has 3 aromatic rings. The number of nitrogens with one attached hydrogen (secondary N) is 1. The van der Waals surface area contributed by atoms with Crippen LogP contribution in [0.3, 0.4) is 0 Å². The Morgan fingerprint density at radius 3 is 2.62 bits per heavy atom. The molecule has 8 nitrogen and oxygen atoms in total. The molecule has 3 rings (SSSR count). The first-order valence-electron chi connectivity index (χ1n) is 8.66. The number of fused-ring (bicyclic) bond motifs is 1. The maximum atomic E-state index is 12.9. The van der Waals surface area contributed by atoms with E-state index < -0.39 is 24.2 Å². The summed E-state index contributed by atoms with van der Waals surface area (Å²) in [6.07, 6.45) is 0.192. The molecule has 0 unspecified atom stereocenters. The molecule has 1 heterocycles. The molecule has 0 spiro atoms. The summed E-state index contributed by atoms with van der Waals surface area (Å²) in [5, 5.41) is 29.6. The van der Waals surface area contributed by atoms with Gasteiger partial charge in [-0.25, -0.2) is 4.39 Å². The van der Waals surface area contributed by atoms with Crippen molar-refractivity contribution in [3.05, 3.63) is 59.9 Å².